The molecule has 2 aromatic rings. The van der Waals surface area contributed by atoms with Crippen LogP contribution < -0.4 is 0 Å². The van der Waals surface area contributed by atoms with Crippen LogP contribution in [0.3, 0.4) is 0 Å². The van der Waals surface area contributed by atoms with Crippen LogP contribution in [0.2, 0.25) is 0 Å². The number of ether oxygens (including phenoxy) is 1. The highest BCUT2D eigenvalue weighted by molar-refractivity contribution is 9.10. The van der Waals surface area contributed by atoms with E-state index in [2.05, 4.69) is 15.9 Å². The van der Waals surface area contributed by atoms with Crippen molar-refractivity contribution in [2.45, 2.75) is 0 Å². The van der Waals surface area contributed by atoms with Crippen molar-refractivity contribution in [1.29, 1.82) is 0 Å². The van der Waals surface area contributed by atoms with Crippen LogP contribution in [0.1, 0.15) is 10.4 Å². The van der Waals surface area contributed by atoms with Crippen molar-refractivity contribution < 1.29 is 9.53 Å². The van der Waals surface area contributed by atoms with Gasteiger partial charge in [-0.1, -0.05) is 52.3 Å². The molecule has 0 aliphatic rings. The first-order valence-electron chi connectivity index (χ1n) is 5.16. The van der Waals surface area contributed by atoms with E-state index in [4.69, 9.17) is 4.74 Å². The molecule has 0 heterocycles. The Morgan fingerprint density at radius 1 is 1.06 bits per heavy atom. The van der Waals surface area contributed by atoms with Gasteiger partial charge in [-0.05, 0) is 17.7 Å². The van der Waals surface area contributed by atoms with Crippen LogP contribution in [0, 0.1) is 0 Å². The molecule has 2 rings (SSSR count). The summed E-state index contributed by atoms with van der Waals surface area (Å²) in [6, 6.07) is 15.2. The fourth-order valence-corrected chi connectivity index (χ4v) is 2.30. The van der Waals surface area contributed by atoms with Gasteiger partial charge in [-0.3, -0.25) is 0 Å². The van der Waals surface area contributed by atoms with E-state index in [0.717, 1.165) is 15.6 Å². The molecule has 0 spiro atoms. The number of hydrogen-bond acceptors (Lipinski definition) is 2. The molecule has 0 unspecified atom stereocenters. The highest BCUT2D eigenvalue weighted by Crippen LogP contribution is 2.31. The van der Waals surface area contributed by atoms with Crippen LogP contribution in [0.5, 0.6) is 0 Å². The Morgan fingerprint density at radius 3 is 2.41 bits per heavy atom. The first kappa shape index (κ1) is 11.9. The van der Waals surface area contributed by atoms with Gasteiger partial charge in [0.1, 0.15) is 0 Å². The molecule has 0 aliphatic carbocycles. The van der Waals surface area contributed by atoms with E-state index in [1.165, 1.54) is 7.11 Å². The van der Waals surface area contributed by atoms with E-state index in [0.29, 0.717) is 5.56 Å². The molecule has 0 amide bonds. The van der Waals surface area contributed by atoms with Gasteiger partial charge in [0, 0.05) is 10.0 Å². The summed E-state index contributed by atoms with van der Waals surface area (Å²) in [5.41, 5.74) is 2.41. The zero-order valence-corrected chi connectivity index (χ0v) is 10.9. The van der Waals surface area contributed by atoms with Crippen molar-refractivity contribution >= 4 is 21.9 Å². The van der Waals surface area contributed by atoms with E-state index < -0.39 is 0 Å². The standard InChI is InChI=1S/C14H11BrO2/c1-17-14(16)11-8-5-9-12(15)13(11)10-6-3-2-4-7-10/h2-9H,1H3. The Kier molecular flexibility index (Phi) is 3.59. The molecule has 0 radical (unpaired) electrons. The predicted molar refractivity (Wildman–Crippen MR) is 70.9 cm³/mol. The molecule has 86 valence electrons. The van der Waals surface area contributed by atoms with Gasteiger partial charge in [0.15, 0.2) is 0 Å². The highest BCUT2D eigenvalue weighted by atomic mass is 79.9. The summed E-state index contributed by atoms with van der Waals surface area (Å²) in [7, 11) is 1.39. The van der Waals surface area contributed by atoms with Gasteiger partial charge in [0.05, 0.1) is 12.7 Å². The molecule has 0 aliphatic heterocycles. The van der Waals surface area contributed by atoms with Crippen molar-refractivity contribution in [3.05, 3.63) is 58.6 Å². The predicted octanol–water partition coefficient (Wildman–Crippen LogP) is 3.90. The third-order valence-corrected chi connectivity index (χ3v) is 3.14. The van der Waals surface area contributed by atoms with Gasteiger partial charge in [0.2, 0.25) is 0 Å². The van der Waals surface area contributed by atoms with E-state index in [9.17, 15) is 4.79 Å². The number of hydrogen-bond donors (Lipinski definition) is 0. The van der Waals surface area contributed by atoms with E-state index >= 15 is 0 Å². The van der Waals surface area contributed by atoms with Crippen LogP contribution in [0.15, 0.2) is 53.0 Å². The number of benzene rings is 2. The molecular weight excluding hydrogens is 280 g/mol. The monoisotopic (exact) mass is 290 g/mol. The first-order chi connectivity index (χ1) is 8.24. The zero-order valence-electron chi connectivity index (χ0n) is 9.31. The normalized spacial score (nSPS) is 10.0. The summed E-state index contributed by atoms with van der Waals surface area (Å²) in [6.07, 6.45) is 0. The Bertz CT molecular complexity index is 535. The summed E-state index contributed by atoms with van der Waals surface area (Å²) in [6.45, 7) is 0. The summed E-state index contributed by atoms with van der Waals surface area (Å²) in [4.78, 5) is 11.7. The average molecular weight is 291 g/mol. The third-order valence-electron chi connectivity index (χ3n) is 2.48. The lowest BCUT2D eigenvalue weighted by atomic mass is 10.00. The number of rotatable bonds is 2. The zero-order chi connectivity index (χ0) is 12.3. The van der Waals surface area contributed by atoms with Gasteiger partial charge >= 0.3 is 5.97 Å². The third kappa shape index (κ3) is 2.39. The fraction of sp³-hybridized carbons (Fsp3) is 0.0714. The SMILES string of the molecule is COC(=O)c1cccc(Br)c1-c1ccccc1. The quantitative estimate of drug-likeness (QED) is 0.784. The topological polar surface area (TPSA) is 26.3 Å². The summed E-state index contributed by atoms with van der Waals surface area (Å²) >= 11 is 3.47. The fourth-order valence-electron chi connectivity index (χ4n) is 1.70. The second-order valence-electron chi connectivity index (χ2n) is 3.52. The maximum Gasteiger partial charge on any atom is 0.338 e. The Hall–Kier alpha value is -1.61. The highest BCUT2D eigenvalue weighted by Gasteiger charge is 2.15. The van der Waals surface area contributed by atoms with Crippen molar-refractivity contribution in [2.24, 2.45) is 0 Å². The van der Waals surface area contributed by atoms with Crippen molar-refractivity contribution in [1.82, 2.24) is 0 Å². The van der Waals surface area contributed by atoms with Gasteiger partial charge in [-0.2, -0.15) is 0 Å². The molecule has 0 fully saturated rings. The molecule has 17 heavy (non-hydrogen) atoms. The van der Waals surface area contributed by atoms with Crippen LogP contribution >= 0.6 is 15.9 Å². The molecular formula is C14H11BrO2. The molecule has 0 atom stereocenters. The minimum atomic E-state index is -0.329. The van der Waals surface area contributed by atoms with Gasteiger partial charge in [-0.15, -0.1) is 0 Å². The molecule has 2 nitrogen and oxygen atoms in total. The summed E-state index contributed by atoms with van der Waals surface area (Å²) < 4.78 is 5.67. The van der Waals surface area contributed by atoms with Crippen molar-refractivity contribution in [3.8, 4) is 11.1 Å². The Labute approximate surface area is 108 Å². The number of carbonyl (C=O) groups excluding carboxylic acids is 1. The van der Waals surface area contributed by atoms with Gasteiger partial charge in [-0.25, -0.2) is 4.79 Å². The summed E-state index contributed by atoms with van der Waals surface area (Å²) in [5, 5.41) is 0. The molecule has 0 saturated carbocycles. The molecule has 0 N–H and O–H groups in total. The maximum absolute atomic E-state index is 11.7. The smallest absolute Gasteiger partial charge is 0.338 e. The van der Waals surface area contributed by atoms with E-state index in [-0.39, 0.29) is 5.97 Å². The second-order valence-corrected chi connectivity index (χ2v) is 4.37. The number of carbonyl (C=O) groups is 1. The molecule has 0 saturated heterocycles. The maximum atomic E-state index is 11.7. The van der Waals surface area contributed by atoms with Gasteiger partial charge in [0.25, 0.3) is 0 Å². The Balaban J connectivity index is 2.64. The van der Waals surface area contributed by atoms with Crippen LogP contribution in [0.25, 0.3) is 11.1 Å². The van der Waals surface area contributed by atoms with Crippen molar-refractivity contribution in [3.63, 3.8) is 0 Å². The molecule has 0 aromatic heterocycles. The van der Waals surface area contributed by atoms with Crippen LogP contribution in [-0.4, -0.2) is 13.1 Å². The first-order valence-corrected chi connectivity index (χ1v) is 5.95. The average Bonchev–Trinajstić information content (AvgIpc) is 2.38. The lowest BCUT2D eigenvalue weighted by Gasteiger charge is -2.10. The number of halogens is 1. The van der Waals surface area contributed by atoms with Crippen molar-refractivity contribution in [2.75, 3.05) is 7.11 Å². The summed E-state index contributed by atoms with van der Waals surface area (Å²) in [5.74, 6) is -0.329. The Morgan fingerprint density at radius 2 is 1.76 bits per heavy atom. The molecule has 3 heteroatoms. The second kappa shape index (κ2) is 5.15. The van der Waals surface area contributed by atoms with E-state index in [1.807, 2.05) is 42.5 Å². The minimum Gasteiger partial charge on any atom is -0.465 e. The lowest BCUT2D eigenvalue weighted by molar-refractivity contribution is 0.0601. The van der Waals surface area contributed by atoms with Gasteiger partial charge < -0.3 is 4.74 Å². The van der Waals surface area contributed by atoms with Crippen LogP contribution in [-0.2, 0) is 4.74 Å². The molecule has 2 aromatic carbocycles. The number of esters is 1. The minimum absolute atomic E-state index is 0.329. The number of methoxy groups -OCH3 is 1. The van der Waals surface area contributed by atoms with Crippen LogP contribution in [0.4, 0.5) is 0 Å². The molecule has 0 bridgehead atoms. The largest absolute Gasteiger partial charge is 0.465 e. The van der Waals surface area contributed by atoms with E-state index in [1.54, 1.807) is 6.07 Å². The lowest BCUT2D eigenvalue weighted by Crippen LogP contribution is -2.03.